The highest BCUT2D eigenvalue weighted by Crippen LogP contribution is 2.36. The van der Waals surface area contributed by atoms with Crippen LogP contribution in [-0.2, 0) is 34.6 Å². The van der Waals surface area contributed by atoms with Crippen molar-refractivity contribution in [2.24, 2.45) is 0 Å². The molecule has 0 saturated heterocycles. The second-order valence-corrected chi connectivity index (χ2v) is 11.1. The van der Waals surface area contributed by atoms with Crippen molar-refractivity contribution in [2.75, 3.05) is 11.9 Å². The van der Waals surface area contributed by atoms with Gasteiger partial charge in [-0.3, -0.25) is 19.4 Å². The molecule has 1 radical (unpaired) electrons. The van der Waals surface area contributed by atoms with Crippen LogP contribution in [0.2, 0.25) is 0 Å². The Kier molecular flexibility index (Phi) is 5.55. The van der Waals surface area contributed by atoms with Gasteiger partial charge in [0.25, 0.3) is 20.2 Å². The monoisotopic (exact) mass is 424 g/mol. The van der Waals surface area contributed by atoms with Gasteiger partial charge in [-0.25, -0.2) is 8.42 Å². The van der Waals surface area contributed by atoms with Crippen LogP contribution in [0, 0.1) is 0 Å². The van der Waals surface area contributed by atoms with Gasteiger partial charge in [-0.15, -0.1) is 0 Å². The molecule has 16 heteroatoms. The van der Waals surface area contributed by atoms with E-state index in [0.717, 1.165) is 0 Å². The molecule has 0 atom stereocenters. The summed E-state index contributed by atoms with van der Waals surface area (Å²) in [6, 6.07) is 0.304. The SMILES string of the molecule is [NH]c1cc(S(=O)(=O)CCP(=O)(O)O)c(S(=O)(=O)O)cc1S(=O)(=O)O. The van der Waals surface area contributed by atoms with Gasteiger partial charge in [0.05, 0.1) is 22.5 Å². The van der Waals surface area contributed by atoms with Gasteiger partial charge in [0.2, 0.25) is 0 Å². The Hall–Kier alpha value is -1.06. The van der Waals surface area contributed by atoms with Crippen LogP contribution in [0.4, 0.5) is 5.69 Å². The lowest BCUT2D eigenvalue weighted by Crippen LogP contribution is -2.16. The molecule has 24 heavy (non-hydrogen) atoms. The fourth-order valence-electron chi connectivity index (χ4n) is 1.55. The van der Waals surface area contributed by atoms with Crippen molar-refractivity contribution in [1.29, 1.82) is 0 Å². The van der Waals surface area contributed by atoms with E-state index in [4.69, 9.17) is 24.6 Å². The molecule has 0 fully saturated rings. The molecule has 0 saturated carbocycles. The molecular weight excluding hydrogens is 413 g/mol. The van der Waals surface area contributed by atoms with E-state index in [-0.39, 0.29) is 12.1 Å². The van der Waals surface area contributed by atoms with Crippen LogP contribution < -0.4 is 5.73 Å². The Labute approximate surface area is 136 Å². The van der Waals surface area contributed by atoms with Gasteiger partial charge in [0.15, 0.2) is 9.84 Å². The number of hydrogen-bond acceptors (Lipinski definition) is 7. The number of sulfone groups is 1. The highest BCUT2D eigenvalue weighted by Gasteiger charge is 2.31. The Bertz CT molecular complexity index is 1020. The number of hydrogen-bond donors (Lipinski definition) is 4. The summed E-state index contributed by atoms with van der Waals surface area (Å²) < 4.78 is 97.5. The number of rotatable bonds is 6. The zero-order chi connectivity index (χ0) is 19.1. The standard InChI is InChI=1S/C8H11NO11PS3/c9-5-3-7(22(13,14)2-1-21(10,11)12)8(24(18,19)20)4-6(5)23(15,16)17/h3-4,9H,1-2H2,(H2,10,11,12)(H,15,16,17)(H,18,19,20). The summed E-state index contributed by atoms with van der Waals surface area (Å²) >= 11 is 0. The molecule has 137 valence electrons. The van der Waals surface area contributed by atoms with Crippen molar-refractivity contribution < 1.29 is 48.7 Å². The Morgan fingerprint density at radius 2 is 1.33 bits per heavy atom. The zero-order valence-electron chi connectivity index (χ0n) is 11.4. The molecule has 0 aliphatic carbocycles. The zero-order valence-corrected chi connectivity index (χ0v) is 14.7. The van der Waals surface area contributed by atoms with E-state index in [1.165, 1.54) is 0 Å². The highest BCUT2D eigenvalue weighted by atomic mass is 32.2. The van der Waals surface area contributed by atoms with Crippen molar-refractivity contribution in [1.82, 2.24) is 5.73 Å². The first kappa shape index (κ1) is 21.0. The smallest absolute Gasteiger partial charge is 0.324 e. The molecule has 0 spiro atoms. The number of nitrogens with one attached hydrogen (secondary N) is 1. The minimum Gasteiger partial charge on any atom is -0.324 e. The molecular formula is C8H11NO11PS3. The topological polar surface area (TPSA) is 224 Å². The minimum absolute atomic E-state index is 0.0668. The first-order chi connectivity index (χ1) is 10.5. The van der Waals surface area contributed by atoms with Crippen LogP contribution in [0.5, 0.6) is 0 Å². The molecule has 12 nitrogen and oxygen atoms in total. The lowest BCUT2D eigenvalue weighted by Gasteiger charge is -2.12. The summed E-state index contributed by atoms with van der Waals surface area (Å²) in [4.78, 5) is 13.4. The average molecular weight is 424 g/mol. The van der Waals surface area contributed by atoms with E-state index in [1.54, 1.807) is 0 Å². The first-order valence-corrected chi connectivity index (χ1v) is 11.9. The molecule has 0 aliphatic heterocycles. The van der Waals surface area contributed by atoms with Crippen LogP contribution in [0.15, 0.2) is 26.8 Å². The predicted molar refractivity (Wildman–Crippen MR) is 77.8 cm³/mol. The third-order valence-electron chi connectivity index (χ3n) is 2.59. The Morgan fingerprint density at radius 3 is 1.71 bits per heavy atom. The molecule has 0 amide bonds. The lowest BCUT2D eigenvalue weighted by atomic mass is 10.3. The van der Waals surface area contributed by atoms with Crippen molar-refractivity contribution in [3.05, 3.63) is 12.1 Å². The normalized spacial score (nSPS) is 13.8. The van der Waals surface area contributed by atoms with Gasteiger partial charge in [0, 0.05) is 0 Å². The van der Waals surface area contributed by atoms with E-state index in [2.05, 4.69) is 0 Å². The second-order valence-electron chi connectivity index (χ2n) is 4.45. The quantitative estimate of drug-likeness (QED) is 0.321. The molecule has 1 aromatic rings. The van der Waals surface area contributed by atoms with Crippen molar-refractivity contribution >= 4 is 43.4 Å². The minimum atomic E-state index is -5.30. The molecule has 0 aliphatic rings. The van der Waals surface area contributed by atoms with Crippen LogP contribution >= 0.6 is 7.60 Å². The van der Waals surface area contributed by atoms with E-state index in [9.17, 15) is 29.8 Å². The Morgan fingerprint density at radius 1 is 0.875 bits per heavy atom. The first-order valence-electron chi connectivity index (χ1n) is 5.57. The number of benzene rings is 1. The van der Waals surface area contributed by atoms with Crippen LogP contribution in [0.3, 0.4) is 0 Å². The molecule has 0 unspecified atom stereocenters. The van der Waals surface area contributed by atoms with Crippen molar-refractivity contribution in [3.63, 3.8) is 0 Å². The third kappa shape index (κ3) is 5.22. The van der Waals surface area contributed by atoms with E-state index in [0.29, 0.717) is 0 Å². The van der Waals surface area contributed by atoms with Crippen molar-refractivity contribution in [3.8, 4) is 0 Å². The summed E-state index contributed by atoms with van der Waals surface area (Å²) in [6.45, 7) is 0. The summed E-state index contributed by atoms with van der Waals surface area (Å²) in [6.07, 6.45) is -1.17. The summed E-state index contributed by atoms with van der Waals surface area (Å²) in [7, 11) is -19.9. The fourth-order valence-corrected chi connectivity index (χ4v) is 6.30. The van der Waals surface area contributed by atoms with E-state index >= 15 is 0 Å². The second kappa shape index (κ2) is 6.34. The lowest BCUT2D eigenvalue weighted by molar-refractivity contribution is 0.374. The molecule has 5 N–H and O–H groups in total. The van der Waals surface area contributed by atoms with Crippen molar-refractivity contribution in [2.45, 2.75) is 14.7 Å². The summed E-state index contributed by atoms with van der Waals surface area (Å²) in [5.74, 6) is -1.23. The molecule has 0 bridgehead atoms. The maximum atomic E-state index is 12.0. The van der Waals surface area contributed by atoms with E-state index < -0.39 is 70.0 Å². The van der Waals surface area contributed by atoms with Gasteiger partial charge in [-0.05, 0) is 12.1 Å². The molecule has 0 aromatic heterocycles. The third-order valence-corrected chi connectivity index (χ3v) is 7.36. The fraction of sp³-hybridized carbons (Fsp3) is 0.250. The maximum Gasteiger partial charge on any atom is 0.326 e. The summed E-state index contributed by atoms with van der Waals surface area (Å²) in [5.41, 5.74) is 6.27. The average Bonchev–Trinajstić information content (AvgIpc) is 2.32. The molecule has 1 rings (SSSR count). The van der Waals surface area contributed by atoms with E-state index in [1.807, 2.05) is 0 Å². The Balaban J connectivity index is 3.71. The maximum absolute atomic E-state index is 12.0. The van der Waals surface area contributed by atoms with Gasteiger partial charge in [-0.2, -0.15) is 16.8 Å². The summed E-state index contributed by atoms with van der Waals surface area (Å²) in [5, 5.41) is 0. The highest BCUT2D eigenvalue weighted by molar-refractivity contribution is 7.93. The predicted octanol–water partition coefficient (Wildman–Crippen LogP) is -0.954. The largest absolute Gasteiger partial charge is 0.326 e. The van der Waals surface area contributed by atoms with Gasteiger partial charge in [-0.1, -0.05) is 0 Å². The molecule has 0 heterocycles. The van der Waals surface area contributed by atoms with Crippen LogP contribution in [0.25, 0.3) is 0 Å². The van der Waals surface area contributed by atoms with Gasteiger partial charge < -0.3 is 9.79 Å². The van der Waals surface area contributed by atoms with Crippen LogP contribution in [0.1, 0.15) is 0 Å². The van der Waals surface area contributed by atoms with Gasteiger partial charge >= 0.3 is 7.60 Å². The van der Waals surface area contributed by atoms with Gasteiger partial charge in [0.1, 0.15) is 9.79 Å². The molecule has 1 aromatic carbocycles. The van der Waals surface area contributed by atoms with Crippen LogP contribution in [-0.4, -0.2) is 56.1 Å².